The minimum Gasteiger partial charge on any atom is -0.544 e. The smallest absolute Gasteiger partial charge is 0.465 e. The summed E-state index contributed by atoms with van der Waals surface area (Å²) in [5, 5.41) is 24.2. The zero-order chi connectivity index (χ0) is 77.8. The molecule has 27 rings (SSSR count). The van der Waals surface area contributed by atoms with E-state index in [1.165, 1.54) is 65.2 Å². The van der Waals surface area contributed by atoms with E-state index in [1.807, 2.05) is 190 Å². The van der Waals surface area contributed by atoms with Crippen LogP contribution in [-0.4, -0.2) is 64.9 Å². The van der Waals surface area contributed by atoms with Gasteiger partial charge in [0.2, 0.25) is 0 Å². The predicted octanol–water partition coefficient (Wildman–Crippen LogP) is 19.6. The van der Waals surface area contributed by atoms with Gasteiger partial charge in [-0.15, -0.1) is 105 Å². The Hall–Kier alpha value is -13.3. The maximum absolute atomic E-state index is 6.23. The number of rotatable bonds is 0. The van der Waals surface area contributed by atoms with Crippen LogP contribution in [0.3, 0.4) is 0 Å². The number of fused-ring (bicyclic) bond motifs is 42. The van der Waals surface area contributed by atoms with Crippen molar-refractivity contribution in [1.29, 1.82) is 0 Å². The van der Waals surface area contributed by atoms with E-state index in [0.717, 1.165) is 135 Å². The van der Waals surface area contributed by atoms with Gasteiger partial charge in [-0.2, -0.15) is 88.1 Å². The minimum absolute atomic E-state index is 0. The molecule has 0 aliphatic carbocycles. The molecule has 0 N–H and O–H groups in total. The summed E-state index contributed by atoms with van der Waals surface area (Å²) in [4.78, 5) is 20.5. The number of aromatic nitrogens is 9. The van der Waals surface area contributed by atoms with Gasteiger partial charge in [0, 0.05) is 132 Å². The first kappa shape index (κ1) is 76.6. The number of anilines is 6. The van der Waals surface area contributed by atoms with Crippen molar-refractivity contribution >= 4 is 153 Å². The summed E-state index contributed by atoms with van der Waals surface area (Å²) in [6.45, 7) is 6.26. The molecular weight excluding hydrogens is 2010 g/mol. The summed E-state index contributed by atoms with van der Waals surface area (Å²) in [5.41, 5.74) is 26.0. The molecule has 0 atom stereocenters. The topological polar surface area (TPSA) is 128 Å². The third kappa shape index (κ3) is 12.9. The Morgan fingerprint density at radius 3 is 1.02 bits per heavy atom. The van der Waals surface area contributed by atoms with Crippen molar-refractivity contribution in [1.82, 2.24) is 43.8 Å². The zero-order valence-electron chi connectivity index (χ0n) is 64.5. The van der Waals surface area contributed by atoms with Crippen molar-refractivity contribution in [3.05, 3.63) is 381 Å². The molecule has 120 heavy (non-hydrogen) atoms. The van der Waals surface area contributed by atoms with Gasteiger partial charge in [0.15, 0.2) is 0 Å². The monoisotopic (exact) mass is 2080 g/mol. The first-order valence-electron chi connectivity index (χ1n) is 38.9. The normalized spacial score (nSPS) is 12.5. The molecule has 579 valence electrons. The maximum Gasteiger partial charge on any atom is 0.465 e. The standard InChI is InChI=1S/3C18H12BN2O.3C15H9N2.3Ir/c2*1-12-8-9-13-14(11-12)19-21(16-6-4-10-20-18(13)16)15-5-2-3-7-17(15)22-19;1-12-8-9-17-16(11-12)21-15-7-4-10-20-18(15)13-5-2-3-6-14(13)19(21)22-17;3*1-2-6-13-11(5-1)12-7-3-4-8-14(12)17-15(13)9-10-16-17;;;/h2*2-8,10-11H,1H3;2-4,6-11H,1H3;3*1-7,9-10H;;;/q6*-1;;;. The average Bonchev–Trinajstić information content (AvgIpc) is 1.61. The van der Waals surface area contributed by atoms with Crippen molar-refractivity contribution in [2.75, 3.05) is 14.4 Å². The molecule has 0 amide bonds. The van der Waals surface area contributed by atoms with Crippen LogP contribution in [0, 0.1) is 57.2 Å². The van der Waals surface area contributed by atoms with Crippen molar-refractivity contribution < 1.29 is 74.3 Å². The Morgan fingerprint density at radius 1 is 0.267 bits per heavy atom. The number of nitrogens with zero attached hydrogens (tertiary/aromatic N) is 12. The first-order chi connectivity index (χ1) is 57.8. The summed E-state index contributed by atoms with van der Waals surface area (Å²) < 4.78 is 24.6. The molecule has 21 heteroatoms. The van der Waals surface area contributed by atoms with Gasteiger partial charge in [-0.25, -0.2) is 0 Å². The van der Waals surface area contributed by atoms with E-state index < -0.39 is 0 Å². The molecule has 3 radical (unpaired) electrons. The van der Waals surface area contributed by atoms with Gasteiger partial charge in [-0.1, -0.05) is 150 Å². The van der Waals surface area contributed by atoms with Crippen molar-refractivity contribution in [2.45, 2.75) is 20.8 Å². The number of hydrogen-bond acceptors (Lipinski definition) is 12. The molecule has 6 aliphatic heterocycles. The van der Waals surface area contributed by atoms with Crippen LogP contribution in [0.4, 0.5) is 34.1 Å². The molecular formula is C99H63B3Ir3N12O3-6. The van der Waals surface area contributed by atoms with Crippen LogP contribution in [0.2, 0.25) is 0 Å². The molecule has 9 aromatic heterocycles. The number of hydrogen-bond donors (Lipinski definition) is 0. The summed E-state index contributed by atoms with van der Waals surface area (Å²) in [6, 6.07) is 119. The molecule has 12 aromatic carbocycles. The van der Waals surface area contributed by atoms with Gasteiger partial charge in [-0.3, -0.25) is 13.5 Å². The van der Waals surface area contributed by atoms with Gasteiger partial charge < -0.3 is 43.3 Å². The largest absolute Gasteiger partial charge is 0.544 e. The second kappa shape index (κ2) is 31.8. The Labute approximate surface area is 733 Å². The molecule has 15 nitrogen and oxygen atoms in total. The summed E-state index contributed by atoms with van der Waals surface area (Å²) in [5.74, 6) is 2.75. The molecule has 0 saturated heterocycles. The molecule has 0 bridgehead atoms. The van der Waals surface area contributed by atoms with Gasteiger partial charge in [-0.05, 0) is 136 Å². The van der Waals surface area contributed by atoms with E-state index in [-0.39, 0.29) is 81.5 Å². The Balaban J connectivity index is 0.0000000951. The van der Waals surface area contributed by atoms with Gasteiger partial charge in [0.05, 0.1) is 33.6 Å². The van der Waals surface area contributed by atoms with Gasteiger partial charge in [0.1, 0.15) is 17.2 Å². The molecule has 0 spiro atoms. The Kier molecular flexibility index (Phi) is 20.3. The van der Waals surface area contributed by atoms with Crippen molar-refractivity contribution in [2.24, 2.45) is 0 Å². The Morgan fingerprint density at radius 2 is 0.600 bits per heavy atom. The van der Waals surface area contributed by atoms with Crippen LogP contribution in [0.1, 0.15) is 16.7 Å². The third-order valence-electron chi connectivity index (χ3n) is 22.4. The number of benzene rings is 12. The molecule has 21 aromatic rings. The van der Waals surface area contributed by atoms with E-state index >= 15 is 0 Å². The van der Waals surface area contributed by atoms with E-state index in [2.05, 4.69) is 254 Å². The average molecular weight is 2080 g/mol. The zero-order valence-corrected chi connectivity index (χ0v) is 71.7. The van der Waals surface area contributed by atoms with Gasteiger partial charge in [0.25, 0.3) is 0 Å². The summed E-state index contributed by atoms with van der Waals surface area (Å²) in [6.07, 6.45) is 11.0. The maximum atomic E-state index is 6.23. The van der Waals surface area contributed by atoms with Crippen LogP contribution >= 0.6 is 0 Å². The third-order valence-corrected chi connectivity index (χ3v) is 22.4. The van der Waals surface area contributed by atoms with Crippen LogP contribution < -0.4 is 44.8 Å². The van der Waals surface area contributed by atoms with Crippen molar-refractivity contribution in [3.8, 4) is 51.0 Å². The van der Waals surface area contributed by atoms with E-state index in [4.69, 9.17) is 14.0 Å². The first-order valence-corrected chi connectivity index (χ1v) is 38.9. The number of pyridine rings is 6. The second-order valence-corrected chi connectivity index (χ2v) is 29.4. The number of para-hydroxylation sites is 7. The van der Waals surface area contributed by atoms with Crippen molar-refractivity contribution in [3.63, 3.8) is 0 Å². The predicted molar refractivity (Wildman–Crippen MR) is 471 cm³/mol. The second-order valence-electron chi connectivity index (χ2n) is 29.4. The quantitative estimate of drug-likeness (QED) is 0.0814. The van der Waals surface area contributed by atoms with Crippen LogP contribution in [0.25, 0.3) is 115 Å². The molecule has 0 fully saturated rings. The van der Waals surface area contributed by atoms with E-state index in [1.54, 1.807) is 0 Å². The summed E-state index contributed by atoms with van der Waals surface area (Å²) in [7, 11) is -0.415. The SMILES string of the molecule is Cc1c[c-]c2c(c1)B1Oc3ccccc3N1c1cccnc1-2.Cc1c[c-]c2c(c1)B1Oc3ccccc3N1c1cccnc1-2.Cc1ccc2c(c1)N1B(O2)c2ccc[c-]c2-c2ncccc21.[Ir].[Ir].[Ir].[c-]1cccc2c3ccccc3c3ccnn3c12.[c-]1cccc2c3ccccc3c3ccnn3c12.[c-]1cccc2c3ccccc3c3ccnn3c12. The number of aryl methyl sites for hydroxylation is 3. The van der Waals surface area contributed by atoms with Crippen LogP contribution in [0.5, 0.6) is 17.2 Å². The van der Waals surface area contributed by atoms with E-state index in [0.29, 0.717) is 0 Å². The minimum atomic E-state index is -0.139. The molecule has 15 heterocycles. The molecule has 0 unspecified atom stereocenters. The fourth-order valence-corrected chi connectivity index (χ4v) is 17.3. The molecule has 0 saturated carbocycles. The fraction of sp³-hybridized carbons (Fsp3) is 0.0303. The van der Waals surface area contributed by atoms with Gasteiger partial charge >= 0.3 is 21.2 Å². The summed E-state index contributed by atoms with van der Waals surface area (Å²) >= 11 is 0. The van der Waals surface area contributed by atoms with E-state index in [9.17, 15) is 0 Å². The molecule has 6 aliphatic rings. The Bertz CT molecular complexity index is 6870. The van der Waals surface area contributed by atoms with Crippen LogP contribution in [0.15, 0.2) is 328 Å². The van der Waals surface area contributed by atoms with Crippen LogP contribution in [-0.2, 0) is 60.3 Å². The fourth-order valence-electron chi connectivity index (χ4n) is 17.3.